The first kappa shape index (κ1) is 18.1. The molecule has 0 radical (unpaired) electrons. The van der Waals surface area contributed by atoms with E-state index in [1.165, 1.54) is 21.6 Å². The Hall–Kier alpha value is -2.28. The fourth-order valence-corrected chi connectivity index (χ4v) is 3.95. The zero-order valence-corrected chi connectivity index (χ0v) is 16.1. The molecule has 1 unspecified atom stereocenters. The Bertz CT molecular complexity index is 895. The third kappa shape index (κ3) is 3.88. The topological polar surface area (TPSA) is 57.3 Å². The molecule has 1 N–H and O–H groups in total. The van der Waals surface area contributed by atoms with Crippen molar-refractivity contribution < 1.29 is 9.64 Å². The third-order valence-electron chi connectivity index (χ3n) is 5.19. The van der Waals surface area contributed by atoms with Crippen molar-refractivity contribution in [3.05, 3.63) is 76.1 Å². The average molecular weight is 385 g/mol. The third-order valence-corrected chi connectivity index (χ3v) is 5.44. The zero-order valence-electron chi connectivity index (χ0n) is 15.3. The predicted molar refractivity (Wildman–Crippen MR) is 103 cm³/mol. The first-order valence-electron chi connectivity index (χ1n) is 9.18. The highest BCUT2D eigenvalue weighted by Gasteiger charge is 2.33. The van der Waals surface area contributed by atoms with Crippen LogP contribution in [0.2, 0.25) is 5.02 Å². The molecule has 0 aliphatic carbocycles. The number of methoxy groups -OCH3 is 1. The van der Waals surface area contributed by atoms with Crippen molar-refractivity contribution >= 4 is 11.6 Å². The lowest BCUT2D eigenvalue weighted by Crippen LogP contribution is -3.12. The lowest BCUT2D eigenvalue weighted by molar-refractivity contribution is -0.941. The van der Waals surface area contributed by atoms with Crippen molar-refractivity contribution in [1.82, 2.24) is 20.2 Å². The van der Waals surface area contributed by atoms with Crippen LogP contribution in [0.1, 0.15) is 28.6 Å². The minimum absolute atomic E-state index is 0.0440. The van der Waals surface area contributed by atoms with Crippen molar-refractivity contribution in [2.24, 2.45) is 0 Å². The molecular weight excluding hydrogens is 362 g/mol. The molecule has 3 aromatic rings. The maximum absolute atomic E-state index is 6.12. The van der Waals surface area contributed by atoms with Gasteiger partial charge in [0.05, 0.1) is 19.7 Å². The van der Waals surface area contributed by atoms with Gasteiger partial charge < -0.3 is 9.64 Å². The van der Waals surface area contributed by atoms with Crippen molar-refractivity contribution in [3.8, 4) is 0 Å². The lowest BCUT2D eigenvalue weighted by atomic mass is 9.96. The molecule has 1 aliphatic rings. The summed E-state index contributed by atoms with van der Waals surface area (Å²) in [5.41, 5.74) is 4.01. The Balaban J connectivity index is 1.71. The lowest BCUT2D eigenvalue weighted by Gasteiger charge is -2.32. The monoisotopic (exact) mass is 384 g/mol. The number of ether oxygens (including phenoxy) is 1. The van der Waals surface area contributed by atoms with E-state index in [-0.39, 0.29) is 6.04 Å². The van der Waals surface area contributed by atoms with Gasteiger partial charge >= 0.3 is 0 Å². The highest BCUT2D eigenvalue weighted by atomic mass is 35.5. The van der Waals surface area contributed by atoms with Gasteiger partial charge in [0.15, 0.2) is 6.04 Å². The summed E-state index contributed by atoms with van der Waals surface area (Å²) in [6.45, 7) is 3.18. The van der Waals surface area contributed by atoms with Crippen LogP contribution in [0.4, 0.5) is 0 Å². The van der Waals surface area contributed by atoms with Crippen molar-refractivity contribution in [3.63, 3.8) is 0 Å². The molecular formula is C20H23ClN5O+. The number of aromatic nitrogens is 4. The molecule has 4 rings (SSSR count). The smallest absolute Gasteiger partial charge is 0.214 e. The molecule has 140 valence electrons. The van der Waals surface area contributed by atoms with Crippen LogP contribution in [-0.2, 0) is 24.2 Å². The summed E-state index contributed by atoms with van der Waals surface area (Å²) >= 11 is 6.12. The Morgan fingerprint density at radius 1 is 1.15 bits per heavy atom. The summed E-state index contributed by atoms with van der Waals surface area (Å²) in [5.74, 6) is 0.865. The Labute approximate surface area is 163 Å². The second-order valence-electron chi connectivity index (χ2n) is 6.84. The Morgan fingerprint density at radius 2 is 1.93 bits per heavy atom. The largest absolute Gasteiger partial charge is 0.383 e. The summed E-state index contributed by atoms with van der Waals surface area (Å²) in [7, 11) is 1.69. The number of tetrazole rings is 1. The molecule has 0 amide bonds. The van der Waals surface area contributed by atoms with Gasteiger partial charge in [0.2, 0.25) is 5.82 Å². The summed E-state index contributed by atoms with van der Waals surface area (Å²) in [6.07, 6.45) is 1.05. The van der Waals surface area contributed by atoms with E-state index in [1.54, 1.807) is 7.11 Å². The van der Waals surface area contributed by atoms with Gasteiger partial charge in [-0.15, -0.1) is 5.10 Å². The molecule has 2 heterocycles. The number of hydrogen-bond donors (Lipinski definition) is 1. The van der Waals surface area contributed by atoms with Gasteiger partial charge in [-0.3, -0.25) is 0 Å². The molecule has 0 fully saturated rings. The summed E-state index contributed by atoms with van der Waals surface area (Å²) in [6, 6.07) is 16.8. The van der Waals surface area contributed by atoms with Crippen molar-refractivity contribution in [2.75, 3.05) is 20.3 Å². The normalized spacial score (nSPS) is 17.5. The highest BCUT2D eigenvalue weighted by Crippen LogP contribution is 2.21. The van der Waals surface area contributed by atoms with Gasteiger partial charge in [0.25, 0.3) is 0 Å². The molecule has 0 spiro atoms. The minimum Gasteiger partial charge on any atom is -0.383 e. The van der Waals surface area contributed by atoms with E-state index in [2.05, 4.69) is 51.9 Å². The van der Waals surface area contributed by atoms with E-state index in [0.717, 1.165) is 30.4 Å². The molecule has 27 heavy (non-hydrogen) atoms. The molecule has 2 atom stereocenters. The standard InChI is InChI=1S/C20H22ClN5O/c1-27-13-12-26-20(22-23-24-26)19(16-6-8-18(21)9-7-16)25-11-10-15-4-2-3-5-17(15)14-25/h2-9,19H,10-14H2,1H3/p+1/t19-/m1/s1. The highest BCUT2D eigenvalue weighted by molar-refractivity contribution is 6.30. The number of nitrogens with zero attached hydrogens (tertiary/aromatic N) is 4. The van der Waals surface area contributed by atoms with Crippen LogP contribution in [0.3, 0.4) is 0 Å². The van der Waals surface area contributed by atoms with Crippen LogP contribution >= 0.6 is 11.6 Å². The van der Waals surface area contributed by atoms with Crippen LogP contribution in [0, 0.1) is 0 Å². The molecule has 1 aliphatic heterocycles. The number of halogens is 1. The van der Waals surface area contributed by atoms with Gasteiger partial charge in [-0.2, -0.15) is 0 Å². The van der Waals surface area contributed by atoms with Crippen LogP contribution in [0.25, 0.3) is 0 Å². The van der Waals surface area contributed by atoms with E-state index in [9.17, 15) is 0 Å². The van der Waals surface area contributed by atoms with Crippen LogP contribution in [0.15, 0.2) is 48.5 Å². The van der Waals surface area contributed by atoms with E-state index in [1.807, 2.05) is 16.8 Å². The Kier molecular flexibility index (Phi) is 5.48. The first-order valence-corrected chi connectivity index (χ1v) is 9.56. The number of quaternary nitrogens is 1. The number of nitrogens with one attached hydrogen (secondary N) is 1. The fourth-order valence-electron chi connectivity index (χ4n) is 3.83. The van der Waals surface area contributed by atoms with Gasteiger partial charge in [-0.1, -0.05) is 48.0 Å². The SMILES string of the molecule is COCCn1nnnc1[C@@H](c1ccc(Cl)cc1)[NH+]1CCc2ccccc2C1. The molecule has 6 nitrogen and oxygen atoms in total. The van der Waals surface area contributed by atoms with Gasteiger partial charge in [-0.05, 0) is 28.1 Å². The second-order valence-corrected chi connectivity index (χ2v) is 7.28. The number of benzene rings is 2. The van der Waals surface area contributed by atoms with Crippen LogP contribution in [-0.4, -0.2) is 40.5 Å². The van der Waals surface area contributed by atoms with E-state index < -0.39 is 0 Å². The van der Waals surface area contributed by atoms with Gasteiger partial charge in [0.1, 0.15) is 6.54 Å². The molecule has 2 aromatic carbocycles. The number of fused-ring (bicyclic) bond motifs is 1. The molecule has 1 aromatic heterocycles. The molecule has 0 saturated heterocycles. The predicted octanol–water partition coefficient (Wildman–Crippen LogP) is 1.70. The molecule has 0 bridgehead atoms. The fraction of sp³-hybridized carbons (Fsp3) is 0.350. The summed E-state index contributed by atoms with van der Waals surface area (Å²) in [5, 5.41) is 13.3. The zero-order chi connectivity index (χ0) is 18.6. The van der Waals surface area contributed by atoms with Crippen molar-refractivity contribution in [2.45, 2.75) is 25.6 Å². The van der Waals surface area contributed by atoms with Crippen molar-refractivity contribution in [1.29, 1.82) is 0 Å². The van der Waals surface area contributed by atoms with E-state index >= 15 is 0 Å². The number of hydrogen-bond acceptors (Lipinski definition) is 4. The summed E-state index contributed by atoms with van der Waals surface area (Å²) in [4.78, 5) is 1.43. The maximum Gasteiger partial charge on any atom is 0.214 e. The second kappa shape index (κ2) is 8.17. The van der Waals surface area contributed by atoms with E-state index in [0.29, 0.717) is 13.2 Å². The van der Waals surface area contributed by atoms with Gasteiger partial charge in [-0.25, -0.2) is 4.68 Å². The molecule has 0 saturated carbocycles. The maximum atomic E-state index is 6.12. The van der Waals surface area contributed by atoms with Crippen LogP contribution in [0.5, 0.6) is 0 Å². The summed E-state index contributed by atoms with van der Waals surface area (Å²) < 4.78 is 7.08. The van der Waals surface area contributed by atoms with Gasteiger partial charge in [0, 0.05) is 29.7 Å². The molecule has 7 heteroatoms. The Morgan fingerprint density at radius 3 is 2.70 bits per heavy atom. The first-order chi connectivity index (χ1) is 13.3. The van der Waals surface area contributed by atoms with E-state index in [4.69, 9.17) is 16.3 Å². The number of rotatable bonds is 6. The quantitative estimate of drug-likeness (QED) is 0.703. The minimum atomic E-state index is 0.0440. The average Bonchev–Trinajstić information content (AvgIpc) is 3.16. The van der Waals surface area contributed by atoms with Crippen LogP contribution < -0.4 is 4.90 Å².